The second-order valence-corrected chi connectivity index (χ2v) is 3.75. The van der Waals surface area contributed by atoms with Crippen LogP contribution in [0.25, 0.3) is 0 Å². The third-order valence-electron chi connectivity index (χ3n) is 2.74. The van der Waals surface area contributed by atoms with Gasteiger partial charge in [-0.1, -0.05) is 0 Å². The Labute approximate surface area is 100 Å². The molecule has 0 spiro atoms. The van der Waals surface area contributed by atoms with E-state index in [1.54, 1.807) is 32.4 Å². The number of methoxy groups -OCH3 is 2. The molecule has 1 N–H and O–H groups in total. The molecule has 0 fully saturated rings. The first kappa shape index (κ1) is 11.8. The quantitative estimate of drug-likeness (QED) is 0.869. The molecule has 4 heteroatoms. The lowest BCUT2D eigenvalue weighted by Crippen LogP contribution is -2.04. The summed E-state index contributed by atoms with van der Waals surface area (Å²) < 4.78 is 15.7. The maximum atomic E-state index is 10.2. The van der Waals surface area contributed by atoms with Crippen molar-refractivity contribution in [1.82, 2.24) is 0 Å². The Morgan fingerprint density at radius 2 is 2.12 bits per heavy atom. The predicted molar refractivity (Wildman–Crippen MR) is 63.2 cm³/mol. The minimum Gasteiger partial charge on any atom is -0.497 e. The minimum atomic E-state index is -0.779. The lowest BCUT2D eigenvalue weighted by atomic mass is 10.1. The molecule has 0 saturated heterocycles. The number of ether oxygens (including phenoxy) is 3. The maximum Gasteiger partial charge on any atom is 0.139 e. The van der Waals surface area contributed by atoms with Crippen LogP contribution < -0.4 is 9.47 Å². The van der Waals surface area contributed by atoms with Gasteiger partial charge in [0.15, 0.2) is 0 Å². The van der Waals surface area contributed by atoms with Crippen molar-refractivity contribution in [3.05, 3.63) is 35.6 Å². The van der Waals surface area contributed by atoms with Crippen LogP contribution in [0, 0.1) is 0 Å². The zero-order valence-corrected chi connectivity index (χ0v) is 9.97. The highest BCUT2D eigenvalue weighted by Gasteiger charge is 2.21. The Balaban J connectivity index is 2.30. The van der Waals surface area contributed by atoms with Gasteiger partial charge in [0.05, 0.1) is 20.8 Å². The van der Waals surface area contributed by atoms with Crippen molar-refractivity contribution >= 4 is 0 Å². The number of hydrogen-bond acceptors (Lipinski definition) is 4. The number of hydrogen-bond donors (Lipinski definition) is 1. The van der Waals surface area contributed by atoms with Gasteiger partial charge in [0.1, 0.15) is 23.4 Å². The smallest absolute Gasteiger partial charge is 0.139 e. The summed E-state index contributed by atoms with van der Waals surface area (Å²) in [6.45, 7) is 0.630. The predicted octanol–water partition coefficient (Wildman–Crippen LogP) is 2.04. The van der Waals surface area contributed by atoms with Crippen LogP contribution in [0.4, 0.5) is 0 Å². The van der Waals surface area contributed by atoms with Crippen molar-refractivity contribution < 1.29 is 19.3 Å². The SMILES string of the molecule is COc1ccc(C(O)C2=CCCO2)c(OC)c1. The number of aliphatic hydroxyl groups is 1. The third kappa shape index (κ3) is 2.36. The summed E-state index contributed by atoms with van der Waals surface area (Å²) in [6.07, 6.45) is 1.96. The molecule has 1 aromatic rings. The minimum absolute atomic E-state index is 0.591. The molecule has 1 aromatic carbocycles. The van der Waals surface area contributed by atoms with Crippen molar-refractivity contribution in [3.8, 4) is 11.5 Å². The second kappa shape index (κ2) is 5.10. The van der Waals surface area contributed by atoms with E-state index >= 15 is 0 Å². The van der Waals surface area contributed by atoms with Crippen LogP contribution in [-0.4, -0.2) is 25.9 Å². The molecule has 1 unspecified atom stereocenters. The zero-order valence-electron chi connectivity index (χ0n) is 9.97. The molecule has 2 rings (SSSR count). The van der Waals surface area contributed by atoms with Crippen LogP contribution in [0.15, 0.2) is 30.0 Å². The number of rotatable bonds is 4. The van der Waals surface area contributed by atoms with Gasteiger partial charge in [-0.15, -0.1) is 0 Å². The van der Waals surface area contributed by atoms with Crippen molar-refractivity contribution in [1.29, 1.82) is 0 Å². The van der Waals surface area contributed by atoms with E-state index in [9.17, 15) is 5.11 Å². The van der Waals surface area contributed by atoms with Gasteiger partial charge in [0.25, 0.3) is 0 Å². The summed E-state index contributed by atoms with van der Waals surface area (Å²) in [7, 11) is 3.16. The first-order valence-electron chi connectivity index (χ1n) is 5.49. The van der Waals surface area contributed by atoms with E-state index in [0.717, 1.165) is 6.42 Å². The highest BCUT2D eigenvalue weighted by atomic mass is 16.5. The van der Waals surface area contributed by atoms with Gasteiger partial charge >= 0.3 is 0 Å². The maximum absolute atomic E-state index is 10.2. The molecule has 0 bridgehead atoms. The molecule has 1 aliphatic rings. The molecule has 0 aromatic heterocycles. The number of aliphatic hydroxyl groups excluding tert-OH is 1. The van der Waals surface area contributed by atoms with E-state index in [1.807, 2.05) is 6.08 Å². The van der Waals surface area contributed by atoms with Gasteiger partial charge in [-0.3, -0.25) is 0 Å². The van der Waals surface area contributed by atoms with Crippen molar-refractivity contribution in [2.24, 2.45) is 0 Å². The summed E-state index contributed by atoms with van der Waals surface area (Å²) in [4.78, 5) is 0. The van der Waals surface area contributed by atoms with E-state index in [1.165, 1.54) is 0 Å². The van der Waals surface area contributed by atoms with Gasteiger partial charge in [0.2, 0.25) is 0 Å². The Hall–Kier alpha value is -1.68. The van der Waals surface area contributed by atoms with Crippen LogP contribution in [0.5, 0.6) is 11.5 Å². The summed E-state index contributed by atoms with van der Waals surface area (Å²) >= 11 is 0. The molecule has 0 radical (unpaired) electrons. The van der Waals surface area contributed by atoms with Gasteiger partial charge in [-0.2, -0.15) is 0 Å². The lowest BCUT2D eigenvalue weighted by Gasteiger charge is -2.16. The standard InChI is InChI=1S/C13H16O4/c1-15-9-5-6-10(12(8-9)16-2)13(14)11-4-3-7-17-11/h4-6,8,13-14H,3,7H2,1-2H3. The van der Waals surface area contributed by atoms with Gasteiger partial charge in [0, 0.05) is 18.1 Å². The molecule has 17 heavy (non-hydrogen) atoms. The highest BCUT2D eigenvalue weighted by Crippen LogP contribution is 2.34. The van der Waals surface area contributed by atoms with E-state index in [-0.39, 0.29) is 0 Å². The molecular weight excluding hydrogens is 220 g/mol. The van der Waals surface area contributed by atoms with Crippen LogP contribution in [0.3, 0.4) is 0 Å². The summed E-state index contributed by atoms with van der Waals surface area (Å²) in [5.41, 5.74) is 0.682. The largest absolute Gasteiger partial charge is 0.497 e. The van der Waals surface area contributed by atoms with E-state index < -0.39 is 6.10 Å². The fraction of sp³-hybridized carbons (Fsp3) is 0.385. The summed E-state index contributed by atoms with van der Waals surface area (Å²) in [6, 6.07) is 5.31. The molecule has 92 valence electrons. The van der Waals surface area contributed by atoms with Crippen molar-refractivity contribution in [2.75, 3.05) is 20.8 Å². The lowest BCUT2D eigenvalue weighted by molar-refractivity contribution is 0.117. The average Bonchev–Trinajstić information content (AvgIpc) is 2.91. The Morgan fingerprint density at radius 3 is 2.71 bits per heavy atom. The zero-order chi connectivity index (χ0) is 12.3. The van der Waals surface area contributed by atoms with Crippen LogP contribution in [0.2, 0.25) is 0 Å². The normalized spacial score (nSPS) is 16.1. The Kier molecular flexibility index (Phi) is 3.54. The summed E-state index contributed by atoms with van der Waals surface area (Å²) in [5.74, 6) is 1.88. The van der Waals surface area contributed by atoms with E-state index in [4.69, 9.17) is 14.2 Å². The summed E-state index contributed by atoms with van der Waals surface area (Å²) in [5, 5.41) is 10.2. The molecule has 4 nitrogen and oxygen atoms in total. The number of benzene rings is 1. The van der Waals surface area contributed by atoms with Crippen LogP contribution in [0.1, 0.15) is 18.1 Å². The van der Waals surface area contributed by atoms with Gasteiger partial charge in [-0.05, 0) is 18.2 Å². The van der Waals surface area contributed by atoms with Gasteiger partial charge in [-0.25, -0.2) is 0 Å². The van der Waals surface area contributed by atoms with Gasteiger partial charge < -0.3 is 19.3 Å². The monoisotopic (exact) mass is 236 g/mol. The van der Waals surface area contributed by atoms with Crippen molar-refractivity contribution in [2.45, 2.75) is 12.5 Å². The van der Waals surface area contributed by atoms with Crippen LogP contribution in [-0.2, 0) is 4.74 Å². The molecule has 1 heterocycles. The molecule has 1 atom stereocenters. The molecule has 0 aliphatic carbocycles. The molecule has 1 aliphatic heterocycles. The van der Waals surface area contributed by atoms with Crippen LogP contribution >= 0.6 is 0 Å². The van der Waals surface area contributed by atoms with E-state index in [0.29, 0.717) is 29.4 Å². The van der Waals surface area contributed by atoms with Crippen molar-refractivity contribution in [3.63, 3.8) is 0 Å². The second-order valence-electron chi connectivity index (χ2n) is 3.75. The fourth-order valence-corrected chi connectivity index (χ4v) is 1.83. The first-order valence-corrected chi connectivity index (χ1v) is 5.49. The van der Waals surface area contributed by atoms with E-state index in [2.05, 4.69) is 0 Å². The molecule has 0 amide bonds. The Bertz CT molecular complexity index is 425. The topological polar surface area (TPSA) is 47.9 Å². The Morgan fingerprint density at radius 1 is 1.29 bits per heavy atom. The highest BCUT2D eigenvalue weighted by molar-refractivity contribution is 5.44. The first-order chi connectivity index (χ1) is 8.26. The third-order valence-corrected chi connectivity index (χ3v) is 2.74. The molecular formula is C13H16O4. The average molecular weight is 236 g/mol. The fourth-order valence-electron chi connectivity index (χ4n) is 1.83. The molecule has 0 saturated carbocycles.